The van der Waals surface area contributed by atoms with E-state index in [9.17, 15) is 5.11 Å². The van der Waals surface area contributed by atoms with Gasteiger partial charge < -0.3 is 25.4 Å². The van der Waals surface area contributed by atoms with Crippen LogP contribution in [0.4, 0.5) is 5.69 Å². The third kappa shape index (κ3) is 5.88. The first-order chi connectivity index (χ1) is 12.6. The minimum absolute atomic E-state index is 0. The lowest BCUT2D eigenvalue weighted by Gasteiger charge is -2.37. The smallest absolute Gasteiger partial charge is 0.191 e. The van der Waals surface area contributed by atoms with Gasteiger partial charge in [0.15, 0.2) is 5.96 Å². The lowest BCUT2D eigenvalue weighted by molar-refractivity contribution is -0.0236. The van der Waals surface area contributed by atoms with Crippen molar-refractivity contribution in [2.24, 2.45) is 4.99 Å². The van der Waals surface area contributed by atoms with Crippen LogP contribution in [-0.4, -0.2) is 56.0 Å². The molecule has 7 heteroatoms. The highest BCUT2D eigenvalue weighted by Crippen LogP contribution is 2.32. The van der Waals surface area contributed by atoms with Crippen LogP contribution in [0.3, 0.4) is 0 Å². The van der Waals surface area contributed by atoms with Crippen molar-refractivity contribution >= 4 is 35.6 Å². The third-order valence-electron chi connectivity index (χ3n) is 5.35. The van der Waals surface area contributed by atoms with E-state index in [1.165, 1.54) is 0 Å². The molecule has 6 nitrogen and oxygen atoms in total. The van der Waals surface area contributed by atoms with Crippen molar-refractivity contribution in [1.82, 2.24) is 10.6 Å². The Hall–Kier alpha value is -1.22. The van der Waals surface area contributed by atoms with Crippen LogP contribution < -0.4 is 20.3 Å². The number of nitrogens with one attached hydrogen (secondary N) is 2. The number of aliphatic hydroxyl groups is 1. The van der Waals surface area contributed by atoms with Gasteiger partial charge in [-0.2, -0.15) is 0 Å². The van der Waals surface area contributed by atoms with Crippen LogP contribution in [0.1, 0.15) is 39.0 Å². The number of guanidine groups is 1. The average molecular weight is 488 g/mol. The number of para-hydroxylation sites is 2. The van der Waals surface area contributed by atoms with Crippen molar-refractivity contribution in [2.75, 3.05) is 38.2 Å². The molecule has 1 aromatic carbocycles. The highest BCUT2D eigenvalue weighted by molar-refractivity contribution is 14.0. The second-order valence-corrected chi connectivity index (χ2v) is 7.37. The minimum atomic E-state index is -0.585. The van der Waals surface area contributed by atoms with Gasteiger partial charge in [-0.1, -0.05) is 12.1 Å². The Morgan fingerprint density at radius 3 is 2.78 bits per heavy atom. The molecule has 0 aromatic heterocycles. The van der Waals surface area contributed by atoms with Gasteiger partial charge in [-0.25, -0.2) is 0 Å². The van der Waals surface area contributed by atoms with Gasteiger partial charge in [0, 0.05) is 25.7 Å². The fourth-order valence-corrected chi connectivity index (χ4v) is 3.69. The predicted octanol–water partition coefficient (Wildman–Crippen LogP) is 2.75. The first kappa shape index (κ1) is 22.1. The molecule has 3 N–H and O–H groups in total. The summed E-state index contributed by atoms with van der Waals surface area (Å²) in [7, 11) is 1.72. The molecule has 0 amide bonds. The van der Waals surface area contributed by atoms with Crippen LogP contribution in [0, 0.1) is 0 Å². The Morgan fingerprint density at radius 2 is 2.11 bits per heavy atom. The van der Waals surface area contributed by atoms with Crippen molar-refractivity contribution in [3.05, 3.63) is 24.3 Å². The fraction of sp³-hybridized carbons (Fsp3) is 0.650. The standard InChI is InChI=1S/C20H32N4O2.HI/c1-3-21-19(22-15-20(25)11-7-12-20)23-16-8-6-13-24(14-16)17-9-4-5-10-18(17)26-2;/h4-5,9-10,16,25H,3,6-8,11-15H2,1-2H3,(H2,21,22,23);1H. The number of anilines is 1. The van der Waals surface area contributed by atoms with Gasteiger partial charge in [0.1, 0.15) is 5.75 Å². The molecule has 0 radical (unpaired) electrons. The maximum absolute atomic E-state index is 10.3. The molecule has 1 unspecified atom stereocenters. The van der Waals surface area contributed by atoms with Gasteiger partial charge in [0.25, 0.3) is 0 Å². The molecule has 152 valence electrons. The summed E-state index contributed by atoms with van der Waals surface area (Å²) >= 11 is 0. The van der Waals surface area contributed by atoms with E-state index >= 15 is 0 Å². The number of aliphatic imine (C=N–C) groups is 1. The summed E-state index contributed by atoms with van der Waals surface area (Å²) in [6.45, 7) is 5.30. The Kier molecular flexibility index (Phi) is 8.47. The Morgan fingerprint density at radius 1 is 1.33 bits per heavy atom. The number of hydrogen-bond donors (Lipinski definition) is 3. The van der Waals surface area contributed by atoms with E-state index < -0.39 is 5.60 Å². The molecule has 1 aromatic rings. The molecule has 3 rings (SSSR count). The number of nitrogens with zero attached hydrogens (tertiary/aromatic N) is 2. The number of ether oxygens (including phenoxy) is 1. The van der Waals surface area contributed by atoms with Crippen LogP contribution in [0.15, 0.2) is 29.3 Å². The summed E-state index contributed by atoms with van der Waals surface area (Å²) in [6.07, 6.45) is 5.06. The molecule has 0 spiro atoms. The van der Waals surface area contributed by atoms with Crippen LogP contribution >= 0.6 is 24.0 Å². The van der Waals surface area contributed by atoms with Crippen molar-refractivity contribution in [3.8, 4) is 5.75 Å². The number of hydrogen-bond acceptors (Lipinski definition) is 4. The molecule has 27 heavy (non-hydrogen) atoms. The van der Waals surface area contributed by atoms with Crippen LogP contribution in [0.25, 0.3) is 0 Å². The zero-order valence-electron chi connectivity index (χ0n) is 16.4. The van der Waals surface area contributed by atoms with Crippen LogP contribution in [0.2, 0.25) is 0 Å². The summed E-state index contributed by atoms with van der Waals surface area (Å²) in [5, 5.41) is 17.2. The van der Waals surface area contributed by atoms with Crippen molar-refractivity contribution < 1.29 is 9.84 Å². The lowest BCUT2D eigenvalue weighted by Crippen LogP contribution is -2.52. The molecule has 1 saturated carbocycles. The molecule has 0 bridgehead atoms. The summed E-state index contributed by atoms with van der Waals surface area (Å²) < 4.78 is 5.52. The average Bonchev–Trinajstić information content (AvgIpc) is 2.65. The van der Waals surface area contributed by atoms with E-state index in [-0.39, 0.29) is 24.0 Å². The topological polar surface area (TPSA) is 69.1 Å². The SMILES string of the molecule is CCNC(=NCC1(O)CCC1)NC1CCCN(c2ccccc2OC)C1.I. The third-order valence-corrected chi connectivity index (χ3v) is 5.35. The molecule has 1 aliphatic heterocycles. The summed E-state index contributed by atoms with van der Waals surface area (Å²) in [5.74, 6) is 1.72. The molecular formula is C20H33IN4O2. The van der Waals surface area contributed by atoms with Gasteiger partial charge in [-0.15, -0.1) is 24.0 Å². The zero-order valence-corrected chi connectivity index (χ0v) is 18.7. The number of rotatable bonds is 6. The Balaban J connectivity index is 0.00000261. The molecule has 1 heterocycles. The maximum atomic E-state index is 10.3. The Labute approximate surface area is 179 Å². The van der Waals surface area contributed by atoms with Crippen LogP contribution in [0.5, 0.6) is 5.75 Å². The number of methoxy groups -OCH3 is 1. The minimum Gasteiger partial charge on any atom is -0.495 e. The van der Waals surface area contributed by atoms with Gasteiger partial charge in [0.2, 0.25) is 0 Å². The predicted molar refractivity (Wildman–Crippen MR) is 122 cm³/mol. The second-order valence-electron chi connectivity index (χ2n) is 7.37. The zero-order chi connectivity index (χ0) is 18.4. The molecule has 2 aliphatic rings. The quantitative estimate of drug-likeness (QED) is 0.327. The largest absolute Gasteiger partial charge is 0.495 e. The first-order valence-electron chi connectivity index (χ1n) is 9.79. The number of halogens is 1. The van der Waals surface area contributed by atoms with Crippen molar-refractivity contribution in [3.63, 3.8) is 0 Å². The highest BCUT2D eigenvalue weighted by Gasteiger charge is 2.34. The lowest BCUT2D eigenvalue weighted by atomic mass is 9.80. The fourth-order valence-electron chi connectivity index (χ4n) is 3.69. The summed E-state index contributed by atoms with van der Waals surface area (Å²) in [5.41, 5.74) is 0.561. The van der Waals surface area contributed by atoms with Gasteiger partial charge in [-0.3, -0.25) is 4.99 Å². The highest BCUT2D eigenvalue weighted by atomic mass is 127. The summed E-state index contributed by atoms with van der Waals surface area (Å²) in [6, 6.07) is 8.51. The monoisotopic (exact) mass is 488 g/mol. The molecule has 2 fully saturated rings. The van der Waals surface area contributed by atoms with Gasteiger partial charge >= 0.3 is 0 Å². The summed E-state index contributed by atoms with van der Waals surface area (Å²) in [4.78, 5) is 7.01. The van der Waals surface area contributed by atoms with Crippen molar-refractivity contribution in [2.45, 2.75) is 50.7 Å². The second kappa shape index (κ2) is 10.4. The van der Waals surface area contributed by atoms with E-state index in [2.05, 4.69) is 39.6 Å². The van der Waals surface area contributed by atoms with E-state index in [4.69, 9.17) is 4.74 Å². The molecular weight excluding hydrogens is 455 g/mol. The van der Waals surface area contributed by atoms with Gasteiger partial charge in [0.05, 0.1) is 24.9 Å². The maximum Gasteiger partial charge on any atom is 0.191 e. The van der Waals surface area contributed by atoms with E-state index in [0.717, 1.165) is 69.1 Å². The van der Waals surface area contributed by atoms with Gasteiger partial charge in [-0.05, 0) is 51.2 Å². The first-order valence-corrected chi connectivity index (χ1v) is 9.79. The molecule has 1 saturated heterocycles. The molecule has 1 aliphatic carbocycles. The Bertz CT molecular complexity index is 622. The van der Waals surface area contributed by atoms with Crippen molar-refractivity contribution in [1.29, 1.82) is 0 Å². The van der Waals surface area contributed by atoms with E-state index in [1.54, 1.807) is 7.11 Å². The van der Waals surface area contributed by atoms with E-state index in [0.29, 0.717) is 12.6 Å². The molecule has 1 atom stereocenters. The number of benzene rings is 1. The van der Waals surface area contributed by atoms with Crippen LogP contribution in [-0.2, 0) is 0 Å². The normalized spacial score (nSPS) is 21.7. The number of piperidine rings is 1. The van der Waals surface area contributed by atoms with E-state index in [1.807, 2.05) is 12.1 Å².